The van der Waals surface area contributed by atoms with Crippen LogP contribution in [-0.4, -0.2) is 29.1 Å². The Morgan fingerprint density at radius 2 is 2.00 bits per heavy atom. The van der Waals surface area contributed by atoms with Crippen molar-refractivity contribution in [1.82, 2.24) is 4.98 Å². The van der Waals surface area contributed by atoms with Gasteiger partial charge < -0.3 is 4.74 Å². The summed E-state index contributed by atoms with van der Waals surface area (Å²) in [6.45, 7) is 8.95. The van der Waals surface area contributed by atoms with Gasteiger partial charge in [0.2, 0.25) is 0 Å². The molecule has 3 rings (SSSR count). The van der Waals surface area contributed by atoms with Gasteiger partial charge in [-0.05, 0) is 70.6 Å². The number of Topliss-reactive ketones (excluding diaryl/α,β-unsaturated/α-hetero) is 1. The van der Waals surface area contributed by atoms with E-state index in [1.807, 2.05) is 42.5 Å². The van der Waals surface area contributed by atoms with E-state index >= 15 is 0 Å². The summed E-state index contributed by atoms with van der Waals surface area (Å²) >= 11 is 0. The number of ether oxygens (including phenoxy) is 1. The highest BCUT2D eigenvalue weighted by Crippen LogP contribution is 2.27. The molecule has 1 aliphatic rings. The molecule has 0 amide bonds. The summed E-state index contributed by atoms with van der Waals surface area (Å²) in [6.07, 6.45) is 15.1. The summed E-state index contributed by atoms with van der Waals surface area (Å²) in [5.74, 6) is 3.18. The molecule has 2 aromatic rings. The van der Waals surface area contributed by atoms with Crippen LogP contribution in [0.15, 0.2) is 60.2 Å². The van der Waals surface area contributed by atoms with Crippen molar-refractivity contribution < 1.29 is 13.9 Å². The summed E-state index contributed by atoms with van der Waals surface area (Å²) in [7, 11) is 0. The van der Waals surface area contributed by atoms with Gasteiger partial charge in [0.15, 0.2) is 5.78 Å². The average Bonchev–Trinajstić information content (AvgIpc) is 2.88. The van der Waals surface area contributed by atoms with Crippen LogP contribution in [0.1, 0.15) is 87.8 Å². The van der Waals surface area contributed by atoms with Gasteiger partial charge in [0.1, 0.15) is 6.17 Å². The van der Waals surface area contributed by atoms with Crippen LogP contribution in [0.3, 0.4) is 0 Å². The van der Waals surface area contributed by atoms with E-state index in [1.54, 1.807) is 12.2 Å². The zero-order valence-corrected chi connectivity index (χ0v) is 22.7. The zero-order chi connectivity index (χ0) is 26.8. The molecular weight excluding hydrogens is 461 g/mol. The number of rotatable bonds is 12. The van der Waals surface area contributed by atoms with Crippen LogP contribution in [-0.2, 0) is 11.2 Å². The number of carbonyl (C=O) groups excluding carboxylic acids is 1. The Morgan fingerprint density at radius 3 is 2.70 bits per heavy atom. The molecular formula is C33H40FNO2. The molecule has 2 unspecified atom stereocenters. The molecule has 1 aromatic carbocycles. The maximum Gasteiger partial charge on any atom is 0.164 e. The maximum atomic E-state index is 13.8. The standard InChI is InChI=1S/C33H40FNO2/c1-6-24(23-37-33(3,4)5)18-21-32(36)29-19-20-31(28-16-9-8-14-26(28)7-2)35-30(29)17-11-13-25-12-10-15-27(34)22-25/h2,8-10,12,14-16,19-20,24,27H,6,11,13,17-18,21-23H2,1,3-5H3. The van der Waals surface area contributed by atoms with Crippen LogP contribution in [0.4, 0.5) is 4.39 Å². The summed E-state index contributed by atoms with van der Waals surface area (Å²) < 4.78 is 19.7. The first-order chi connectivity index (χ1) is 17.7. The Morgan fingerprint density at radius 1 is 1.22 bits per heavy atom. The van der Waals surface area contributed by atoms with E-state index in [1.165, 1.54) is 0 Å². The minimum Gasteiger partial charge on any atom is -0.376 e. The summed E-state index contributed by atoms with van der Waals surface area (Å²) in [5.41, 5.74) is 4.81. The molecule has 0 bridgehead atoms. The summed E-state index contributed by atoms with van der Waals surface area (Å²) in [6, 6.07) is 11.5. The number of benzene rings is 1. The number of terminal acetylenes is 1. The molecule has 0 aliphatic heterocycles. The fourth-order valence-electron chi connectivity index (χ4n) is 4.54. The van der Waals surface area contributed by atoms with E-state index in [2.05, 4.69) is 33.6 Å². The lowest BCUT2D eigenvalue weighted by Gasteiger charge is -2.23. The molecule has 37 heavy (non-hydrogen) atoms. The smallest absolute Gasteiger partial charge is 0.164 e. The Kier molecular flexibility index (Phi) is 10.4. The number of pyridine rings is 1. The van der Waals surface area contributed by atoms with Gasteiger partial charge in [-0.2, -0.15) is 0 Å². The fourth-order valence-corrected chi connectivity index (χ4v) is 4.54. The van der Waals surface area contributed by atoms with E-state index in [0.717, 1.165) is 53.8 Å². The predicted molar refractivity (Wildman–Crippen MR) is 150 cm³/mol. The molecule has 196 valence electrons. The summed E-state index contributed by atoms with van der Waals surface area (Å²) in [4.78, 5) is 18.3. The van der Waals surface area contributed by atoms with Crippen molar-refractivity contribution in [2.75, 3.05) is 6.61 Å². The first kappa shape index (κ1) is 28.5. The van der Waals surface area contributed by atoms with E-state index in [9.17, 15) is 9.18 Å². The fraction of sp³-hybridized carbons (Fsp3) is 0.455. The van der Waals surface area contributed by atoms with Crippen molar-refractivity contribution in [3.63, 3.8) is 0 Å². The Bertz CT molecular complexity index is 1170. The molecule has 3 nitrogen and oxygen atoms in total. The van der Waals surface area contributed by atoms with Crippen molar-refractivity contribution in [3.05, 3.63) is 77.0 Å². The van der Waals surface area contributed by atoms with Crippen LogP contribution in [0.5, 0.6) is 0 Å². The molecule has 0 spiro atoms. The van der Waals surface area contributed by atoms with Crippen LogP contribution < -0.4 is 0 Å². The highest BCUT2D eigenvalue weighted by atomic mass is 19.1. The lowest BCUT2D eigenvalue weighted by Crippen LogP contribution is -2.23. The minimum atomic E-state index is -0.910. The Labute approximate surface area is 222 Å². The molecule has 1 heterocycles. The molecule has 0 saturated carbocycles. The molecule has 4 heteroatoms. The number of carbonyl (C=O) groups is 1. The van der Waals surface area contributed by atoms with Gasteiger partial charge in [-0.1, -0.05) is 61.3 Å². The number of ketones is 1. The highest BCUT2D eigenvalue weighted by molar-refractivity contribution is 5.97. The molecule has 1 aromatic heterocycles. The third-order valence-corrected chi connectivity index (χ3v) is 6.76. The maximum absolute atomic E-state index is 13.8. The number of hydrogen-bond donors (Lipinski definition) is 0. The molecule has 1 aliphatic carbocycles. The third-order valence-electron chi connectivity index (χ3n) is 6.76. The first-order valence-electron chi connectivity index (χ1n) is 13.4. The van der Waals surface area contributed by atoms with Gasteiger partial charge in [0.25, 0.3) is 0 Å². The molecule has 0 saturated heterocycles. The van der Waals surface area contributed by atoms with E-state index in [-0.39, 0.29) is 11.4 Å². The summed E-state index contributed by atoms with van der Waals surface area (Å²) in [5, 5.41) is 0. The molecule has 2 atom stereocenters. The monoisotopic (exact) mass is 501 g/mol. The SMILES string of the molecule is C#Cc1ccccc1-c1ccc(C(=O)CCC(CC)COC(C)(C)C)c(CCCC2=CC=CC(F)C2)n1. The van der Waals surface area contributed by atoms with E-state index in [4.69, 9.17) is 16.1 Å². The third kappa shape index (κ3) is 8.79. The van der Waals surface area contributed by atoms with Crippen LogP contribution in [0.2, 0.25) is 0 Å². The normalized spacial score (nSPS) is 16.2. The largest absolute Gasteiger partial charge is 0.376 e. The van der Waals surface area contributed by atoms with Crippen LogP contribution >= 0.6 is 0 Å². The average molecular weight is 502 g/mol. The van der Waals surface area contributed by atoms with Crippen molar-refractivity contribution >= 4 is 5.78 Å². The zero-order valence-electron chi connectivity index (χ0n) is 22.7. The lowest BCUT2D eigenvalue weighted by molar-refractivity contribution is -0.0240. The quantitative estimate of drug-likeness (QED) is 0.218. The van der Waals surface area contributed by atoms with Gasteiger partial charge in [-0.25, -0.2) is 4.39 Å². The van der Waals surface area contributed by atoms with Gasteiger partial charge in [-0.3, -0.25) is 9.78 Å². The topological polar surface area (TPSA) is 39.2 Å². The van der Waals surface area contributed by atoms with Gasteiger partial charge in [-0.15, -0.1) is 6.42 Å². The Balaban J connectivity index is 1.78. The lowest BCUT2D eigenvalue weighted by atomic mass is 9.93. The van der Waals surface area contributed by atoms with Crippen LogP contribution in [0, 0.1) is 18.3 Å². The second-order valence-corrected chi connectivity index (χ2v) is 10.8. The van der Waals surface area contributed by atoms with Crippen molar-refractivity contribution in [3.8, 4) is 23.6 Å². The number of halogens is 1. The van der Waals surface area contributed by atoms with Crippen molar-refractivity contribution in [2.45, 2.75) is 84.4 Å². The second kappa shape index (κ2) is 13.5. The van der Waals surface area contributed by atoms with Crippen LogP contribution in [0.25, 0.3) is 11.3 Å². The molecule has 0 N–H and O–H groups in total. The number of aryl methyl sites for hydroxylation is 1. The minimum absolute atomic E-state index is 0.108. The number of alkyl halides is 1. The highest BCUT2D eigenvalue weighted by Gasteiger charge is 2.19. The van der Waals surface area contributed by atoms with Crippen molar-refractivity contribution in [2.24, 2.45) is 5.92 Å². The second-order valence-electron chi connectivity index (χ2n) is 10.8. The number of allylic oxidation sites excluding steroid dienone is 4. The molecule has 0 fully saturated rings. The van der Waals surface area contributed by atoms with Gasteiger partial charge in [0.05, 0.1) is 23.6 Å². The first-order valence-corrected chi connectivity index (χ1v) is 13.4. The Hall–Kier alpha value is -3.03. The van der Waals surface area contributed by atoms with Gasteiger partial charge >= 0.3 is 0 Å². The van der Waals surface area contributed by atoms with E-state index < -0.39 is 6.17 Å². The van der Waals surface area contributed by atoms with E-state index in [0.29, 0.717) is 37.4 Å². The number of hydrogen-bond acceptors (Lipinski definition) is 3. The molecule has 0 radical (unpaired) electrons. The van der Waals surface area contributed by atoms with Gasteiger partial charge in [0, 0.05) is 29.5 Å². The van der Waals surface area contributed by atoms with Crippen molar-refractivity contribution in [1.29, 1.82) is 0 Å². The number of nitrogens with zero attached hydrogens (tertiary/aromatic N) is 1. The predicted octanol–water partition coefficient (Wildman–Crippen LogP) is 8.08. The number of aromatic nitrogens is 1.